The standard InChI is InChI=1S/C11H20N2O3/c1-15-10(16-2)7-13-5-3-4-8-9(13)6-12-11(8)14/h8-10H,3-7H2,1-2H3,(H,12,14). The molecule has 2 fully saturated rings. The van der Waals surface area contributed by atoms with Crippen molar-refractivity contribution in [2.75, 3.05) is 33.9 Å². The first-order chi connectivity index (χ1) is 7.76. The first kappa shape index (κ1) is 11.8. The van der Waals surface area contributed by atoms with E-state index < -0.39 is 0 Å². The van der Waals surface area contributed by atoms with Gasteiger partial charge in [-0.2, -0.15) is 0 Å². The van der Waals surface area contributed by atoms with Crippen LogP contribution in [0.25, 0.3) is 0 Å². The van der Waals surface area contributed by atoms with Crippen LogP contribution in [0.3, 0.4) is 0 Å². The van der Waals surface area contributed by atoms with Gasteiger partial charge in [0.25, 0.3) is 0 Å². The maximum atomic E-state index is 11.6. The summed E-state index contributed by atoms with van der Waals surface area (Å²) in [6, 6.07) is 0.328. The molecule has 0 aliphatic carbocycles. The number of nitrogens with one attached hydrogen (secondary N) is 1. The van der Waals surface area contributed by atoms with Crippen molar-refractivity contribution in [1.29, 1.82) is 0 Å². The summed E-state index contributed by atoms with van der Waals surface area (Å²) in [5.74, 6) is 0.379. The molecule has 0 aromatic heterocycles. The zero-order valence-corrected chi connectivity index (χ0v) is 9.94. The maximum Gasteiger partial charge on any atom is 0.224 e. The highest BCUT2D eigenvalue weighted by atomic mass is 16.7. The van der Waals surface area contributed by atoms with E-state index in [1.165, 1.54) is 0 Å². The van der Waals surface area contributed by atoms with E-state index in [9.17, 15) is 4.79 Å². The third-order valence-corrected chi connectivity index (χ3v) is 3.63. The molecule has 0 aromatic rings. The molecule has 0 bridgehead atoms. The number of rotatable bonds is 4. The van der Waals surface area contributed by atoms with Crippen LogP contribution >= 0.6 is 0 Å². The molecule has 2 aliphatic rings. The van der Waals surface area contributed by atoms with Gasteiger partial charge >= 0.3 is 0 Å². The van der Waals surface area contributed by atoms with Crippen LogP contribution in [-0.4, -0.2) is 57.0 Å². The Morgan fingerprint density at radius 1 is 1.50 bits per heavy atom. The molecule has 5 heteroatoms. The number of hydrogen-bond acceptors (Lipinski definition) is 4. The van der Waals surface area contributed by atoms with Crippen LogP contribution in [0.1, 0.15) is 12.8 Å². The van der Waals surface area contributed by atoms with E-state index in [1.54, 1.807) is 14.2 Å². The first-order valence-corrected chi connectivity index (χ1v) is 5.83. The molecule has 2 aliphatic heterocycles. The van der Waals surface area contributed by atoms with Crippen molar-refractivity contribution in [3.8, 4) is 0 Å². The third-order valence-electron chi connectivity index (χ3n) is 3.63. The summed E-state index contributed by atoms with van der Waals surface area (Å²) in [7, 11) is 3.29. The fraction of sp³-hybridized carbons (Fsp3) is 0.909. The number of hydrogen-bond donors (Lipinski definition) is 1. The number of ether oxygens (including phenoxy) is 2. The lowest BCUT2D eigenvalue weighted by atomic mass is 9.91. The number of methoxy groups -OCH3 is 2. The maximum absolute atomic E-state index is 11.6. The minimum atomic E-state index is -0.200. The fourth-order valence-corrected chi connectivity index (χ4v) is 2.70. The molecule has 0 aromatic carbocycles. The molecule has 2 rings (SSSR count). The summed E-state index contributed by atoms with van der Waals surface area (Å²) >= 11 is 0. The number of piperidine rings is 1. The Hall–Kier alpha value is -0.650. The molecule has 2 atom stereocenters. The minimum Gasteiger partial charge on any atom is -0.355 e. The van der Waals surface area contributed by atoms with Crippen molar-refractivity contribution < 1.29 is 14.3 Å². The van der Waals surface area contributed by atoms with Gasteiger partial charge in [0, 0.05) is 33.4 Å². The van der Waals surface area contributed by atoms with Gasteiger partial charge in [0.05, 0.1) is 5.92 Å². The number of amides is 1. The van der Waals surface area contributed by atoms with Gasteiger partial charge in [-0.25, -0.2) is 0 Å². The topological polar surface area (TPSA) is 50.8 Å². The average Bonchev–Trinajstić information content (AvgIpc) is 2.69. The normalized spacial score (nSPS) is 30.6. The van der Waals surface area contributed by atoms with Crippen LogP contribution in [-0.2, 0) is 14.3 Å². The van der Waals surface area contributed by atoms with E-state index in [0.29, 0.717) is 6.04 Å². The highest BCUT2D eigenvalue weighted by Gasteiger charge is 2.41. The van der Waals surface area contributed by atoms with E-state index in [-0.39, 0.29) is 18.1 Å². The third kappa shape index (κ3) is 2.21. The van der Waals surface area contributed by atoms with Crippen molar-refractivity contribution in [2.45, 2.75) is 25.2 Å². The largest absolute Gasteiger partial charge is 0.355 e. The Kier molecular flexibility index (Phi) is 3.78. The fourth-order valence-electron chi connectivity index (χ4n) is 2.70. The lowest BCUT2D eigenvalue weighted by Gasteiger charge is -2.37. The summed E-state index contributed by atoms with van der Waals surface area (Å²) in [4.78, 5) is 13.9. The molecule has 5 nitrogen and oxygen atoms in total. The molecule has 92 valence electrons. The van der Waals surface area contributed by atoms with Crippen molar-refractivity contribution >= 4 is 5.91 Å². The summed E-state index contributed by atoms with van der Waals surface area (Å²) < 4.78 is 10.4. The van der Waals surface area contributed by atoms with Crippen molar-refractivity contribution in [2.24, 2.45) is 5.92 Å². The van der Waals surface area contributed by atoms with Crippen LogP contribution in [0.2, 0.25) is 0 Å². The number of nitrogens with zero attached hydrogens (tertiary/aromatic N) is 1. The van der Waals surface area contributed by atoms with Gasteiger partial charge in [-0.15, -0.1) is 0 Å². The number of fused-ring (bicyclic) bond motifs is 1. The highest BCUT2D eigenvalue weighted by Crippen LogP contribution is 2.27. The predicted octanol–water partition coefficient (Wildman–Crippen LogP) is -0.184. The van der Waals surface area contributed by atoms with Gasteiger partial charge in [0.2, 0.25) is 5.91 Å². The summed E-state index contributed by atoms with van der Waals surface area (Å²) in [6.45, 7) is 2.53. The van der Waals surface area contributed by atoms with Crippen molar-refractivity contribution in [3.05, 3.63) is 0 Å². The smallest absolute Gasteiger partial charge is 0.224 e. The summed E-state index contributed by atoms with van der Waals surface area (Å²) in [5, 5.41) is 2.94. The zero-order valence-electron chi connectivity index (χ0n) is 9.94. The molecular weight excluding hydrogens is 208 g/mol. The number of carbonyl (C=O) groups is 1. The van der Waals surface area contributed by atoms with Gasteiger partial charge < -0.3 is 14.8 Å². The van der Waals surface area contributed by atoms with Crippen LogP contribution in [0.5, 0.6) is 0 Å². The zero-order chi connectivity index (χ0) is 11.5. The van der Waals surface area contributed by atoms with Crippen LogP contribution in [0, 0.1) is 5.92 Å². The van der Waals surface area contributed by atoms with Gasteiger partial charge in [0.15, 0.2) is 6.29 Å². The van der Waals surface area contributed by atoms with E-state index in [1.807, 2.05) is 0 Å². The van der Waals surface area contributed by atoms with Crippen LogP contribution in [0.15, 0.2) is 0 Å². The van der Waals surface area contributed by atoms with Gasteiger partial charge in [-0.05, 0) is 19.4 Å². The second kappa shape index (κ2) is 5.12. The Bertz CT molecular complexity index is 256. The molecule has 1 N–H and O–H groups in total. The van der Waals surface area contributed by atoms with E-state index in [4.69, 9.17) is 9.47 Å². The van der Waals surface area contributed by atoms with E-state index in [0.717, 1.165) is 32.5 Å². The molecular formula is C11H20N2O3. The van der Waals surface area contributed by atoms with Crippen molar-refractivity contribution in [1.82, 2.24) is 10.2 Å². The van der Waals surface area contributed by atoms with E-state index >= 15 is 0 Å². The van der Waals surface area contributed by atoms with Gasteiger partial charge in [-0.1, -0.05) is 0 Å². The van der Waals surface area contributed by atoms with Crippen LogP contribution in [0.4, 0.5) is 0 Å². The van der Waals surface area contributed by atoms with Gasteiger partial charge in [0.1, 0.15) is 0 Å². The highest BCUT2D eigenvalue weighted by molar-refractivity contribution is 5.82. The number of likely N-dealkylation sites (tertiary alicyclic amines) is 1. The van der Waals surface area contributed by atoms with Gasteiger partial charge in [-0.3, -0.25) is 9.69 Å². The second-order valence-corrected chi connectivity index (χ2v) is 4.46. The Morgan fingerprint density at radius 2 is 2.25 bits per heavy atom. The Labute approximate surface area is 96.1 Å². The molecule has 2 heterocycles. The lowest BCUT2D eigenvalue weighted by molar-refractivity contribution is -0.131. The van der Waals surface area contributed by atoms with Crippen molar-refractivity contribution in [3.63, 3.8) is 0 Å². The number of carbonyl (C=O) groups excluding carboxylic acids is 1. The lowest BCUT2D eigenvalue weighted by Crippen LogP contribution is -2.49. The quantitative estimate of drug-likeness (QED) is 0.678. The molecule has 16 heavy (non-hydrogen) atoms. The second-order valence-electron chi connectivity index (χ2n) is 4.46. The molecule has 0 radical (unpaired) electrons. The average molecular weight is 228 g/mol. The molecule has 2 unspecified atom stereocenters. The SMILES string of the molecule is COC(CN1CCCC2C(=O)NCC21)OC. The predicted molar refractivity (Wildman–Crippen MR) is 58.9 cm³/mol. The van der Waals surface area contributed by atoms with Crippen LogP contribution < -0.4 is 5.32 Å². The molecule has 2 saturated heterocycles. The Balaban J connectivity index is 1.96. The van der Waals surface area contributed by atoms with E-state index in [2.05, 4.69) is 10.2 Å². The molecule has 0 spiro atoms. The summed E-state index contributed by atoms with van der Waals surface area (Å²) in [5.41, 5.74) is 0. The minimum absolute atomic E-state index is 0.170. The molecule has 0 saturated carbocycles. The first-order valence-electron chi connectivity index (χ1n) is 5.83. The monoisotopic (exact) mass is 228 g/mol. The molecule has 1 amide bonds. The Morgan fingerprint density at radius 3 is 2.94 bits per heavy atom. The summed E-state index contributed by atoms with van der Waals surface area (Å²) in [6.07, 6.45) is 1.89.